The Kier molecular flexibility index (Phi) is 8.05. The van der Waals surface area contributed by atoms with Gasteiger partial charge in [-0.05, 0) is 46.6 Å². The minimum Gasteiger partial charge on any atom is -0.488 e. The van der Waals surface area contributed by atoms with Crippen LogP contribution < -0.4 is 20.9 Å². The Morgan fingerprint density at radius 3 is 2.36 bits per heavy atom. The Hall–Kier alpha value is -3.65. The molecule has 0 heterocycles. The lowest BCUT2D eigenvalue weighted by Crippen LogP contribution is -2.05. The molecule has 0 spiro atoms. The molecule has 4 N–H and O–H groups in total. The molecule has 0 amide bonds. The Labute approximate surface area is 217 Å². The zero-order valence-corrected chi connectivity index (χ0v) is 20.5. The first-order chi connectivity index (χ1) is 17.4. The standard InChI is InChI=1S/C27H22Cl2FN3O3/c28-22-11-19(13-31)25(35-14-16-7-8-24(33-34)23(32)9-16)12-26(22)36-15-18-4-2-6-21(27(18)29)17-3-1-5-20(30)10-17/h1-12H,13-15,31-32H2. The summed E-state index contributed by atoms with van der Waals surface area (Å²) in [5, 5.41) is 3.69. The van der Waals surface area contributed by atoms with Crippen LogP contribution in [0.1, 0.15) is 16.7 Å². The molecule has 0 fully saturated rings. The fourth-order valence-electron chi connectivity index (χ4n) is 3.64. The minimum absolute atomic E-state index is 0.125. The van der Waals surface area contributed by atoms with Crippen LogP contribution in [0.15, 0.2) is 78.0 Å². The summed E-state index contributed by atoms with van der Waals surface area (Å²) in [6.45, 7) is 0.506. The van der Waals surface area contributed by atoms with Crippen molar-refractivity contribution < 1.29 is 13.9 Å². The zero-order valence-electron chi connectivity index (χ0n) is 19.0. The van der Waals surface area contributed by atoms with Gasteiger partial charge in [0.25, 0.3) is 0 Å². The molecule has 0 aliphatic carbocycles. The highest BCUT2D eigenvalue weighted by Crippen LogP contribution is 2.36. The molecule has 0 unspecified atom stereocenters. The maximum absolute atomic E-state index is 13.7. The van der Waals surface area contributed by atoms with Crippen molar-refractivity contribution in [1.29, 1.82) is 0 Å². The molecule has 9 heteroatoms. The van der Waals surface area contributed by atoms with Gasteiger partial charge in [0.1, 0.15) is 36.2 Å². The van der Waals surface area contributed by atoms with Gasteiger partial charge in [-0.25, -0.2) is 4.39 Å². The van der Waals surface area contributed by atoms with Gasteiger partial charge >= 0.3 is 0 Å². The number of hydrogen-bond donors (Lipinski definition) is 2. The van der Waals surface area contributed by atoms with Crippen molar-refractivity contribution in [3.63, 3.8) is 0 Å². The van der Waals surface area contributed by atoms with E-state index in [1.54, 1.807) is 36.4 Å². The predicted molar refractivity (Wildman–Crippen MR) is 141 cm³/mol. The van der Waals surface area contributed by atoms with Crippen molar-refractivity contribution in [2.24, 2.45) is 10.9 Å². The van der Waals surface area contributed by atoms with E-state index in [-0.39, 0.29) is 37.0 Å². The molecule has 0 atom stereocenters. The average Bonchev–Trinajstić information content (AvgIpc) is 2.87. The molecule has 36 heavy (non-hydrogen) atoms. The Bertz CT molecular complexity index is 1420. The first-order valence-electron chi connectivity index (χ1n) is 10.9. The first-order valence-corrected chi connectivity index (χ1v) is 11.7. The molecule has 4 aromatic rings. The zero-order chi connectivity index (χ0) is 25.7. The first kappa shape index (κ1) is 25.4. The Morgan fingerprint density at radius 2 is 1.64 bits per heavy atom. The monoisotopic (exact) mass is 525 g/mol. The van der Waals surface area contributed by atoms with E-state index in [1.165, 1.54) is 18.2 Å². The number of benzene rings is 4. The third-order valence-electron chi connectivity index (χ3n) is 5.52. The molecule has 0 bridgehead atoms. The van der Waals surface area contributed by atoms with Crippen molar-refractivity contribution in [2.75, 3.05) is 5.73 Å². The number of nitroso groups, excluding NO2 is 1. The second-order valence-electron chi connectivity index (χ2n) is 7.95. The summed E-state index contributed by atoms with van der Waals surface area (Å²) < 4.78 is 25.6. The smallest absolute Gasteiger partial charge is 0.142 e. The summed E-state index contributed by atoms with van der Waals surface area (Å²) in [5.74, 6) is 0.535. The maximum Gasteiger partial charge on any atom is 0.142 e. The van der Waals surface area contributed by atoms with Crippen molar-refractivity contribution in [3.8, 4) is 22.6 Å². The molecule has 184 valence electrons. The SMILES string of the molecule is NCc1cc(Cl)c(OCc2cccc(-c3cccc(F)c3)c2Cl)cc1OCc1ccc(N=O)c(N)c1. The normalized spacial score (nSPS) is 10.8. The van der Waals surface area contributed by atoms with Gasteiger partial charge < -0.3 is 20.9 Å². The second kappa shape index (κ2) is 11.4. The molecular formula is C27H22Cl2FN3O3. The average molecular weight is 526 g/mol. The second-order valence-corrected chi connectivity index (χ2v) is 8.73. The van der Waals surface area contributed by atoms with Crippen LogP contribution in [0.2, 0.25) is 10.0 Å². The highest BCUT2D eigenvalue weighted by molar-refractivity contribution is 6.34. The Balaban J connectivity index is 1.53. The number of halogens is 3. The molecule has 4 aromatic carbocycles. The van der Waals surface area contributed by atoms with E-state index in [0.29, 0.717) is 43.8 Å². The third kappa shape index (κ3) is 5.76. The number of nitrogen functional groups attached to an aromatic ring is 1. The van der Waals surface area contributed by atoms with Gasteiger partial charge in [0, 0.05) is 29.3 Å². The van der Waals surface area contributed by atoms with Crippen LogP contribution >= 0.6 is 23.2 Å². The number of anilines is 1. The van der Waals surface area contributed by atoms with Gasteiger partial charge in [-0.15, -0.1) is 4.91 Å². The Morgan fingerprint density at radius 1 is 0.861 bits per heavy atom. The van der Waals surface area contributed by atoms with E-state index in [1.807, 2.05) is 18.2 Å². The fraction of sp³-hybridized carbons (Fsp3) is 0.111. The maximum atomic E-state index is 13.7. The topological polar surface area (TPSA) is 99.9 Å². The quantitative estimate of drug-likeness (QED) is 0.175. The summed E-state index contributed by atoms with van der Waals surface area (Å²) in [6, 6.07) is 19.9. The summed E-state index contributed by atoms with van der Waals surface area (Å²) in [5.41, 5.74) is 15.7. The number of rotatable bonds is 9. The van der Waals surface area contributed by atoms with Gasteiger partial charge in [0.15, 0.2) is 0 Å². The molecular weight excluding hydrogens is 504 g/mol. The molecule has 0 saturated heterocycles. The largest absolute Gasteiger partial charge is 0.488 e. The highest BCUT2D eigenvalue weighted by atomic mass is 35.5. The summed E-state index contributed by atoms with van der Waals surface area (Å²) in [6.07, 6.45) is 0. The van der Waals surface area contributed by atoms with Gasteiger partial charge in [-0.3, -0.25) is 0 Å². The van der Waals surface area contributed by atoms with Crippen LogP contribution in [-0.2, 0) is 19.8 Å². The molecule has 0 aliphatic rings. The van der Waals surface area contributed by atoms with Crippen molar-refractivity contribution >= 4 is 34.6 Å². The number of hydrogen-bond acceptors (Lipinski definition) is 6. The summed E-state index contributed by atoms with van der Waals surface area (Å²) in [4.78, 5) is 10.7. The highest BCUT2D eigenvalue weighted by Gasteiger charge is 2.14. The number of ether oxygens (including phenoxy) is 2. The van der Waals surface area contributed by atoms with Crippen molar-refractivity contribution in [1.82, 2.24) is 0 Å². The molecule has 0 saturated carbocycles. The predicted octanol–water partition coefficient (Wildman–Crippen LogP) is 7.40. The van der Waals surface area contributed by atoms with E-state index < -0.39 is 0 Å². The van der Waals surface area contributed by atoms with Crippen LogP contribution in [0.25, 0.3) is 11.1 Å². The van der Waals surface area contributed by atoms with E-state index in [2.05, 4.69) is 5.18 Å². The van der Waals surface area contributed by atoms with E-state index >= 15 is 0 Å². The van der Waals surface area contributed by atoms with E-state index in [9.17, 15) is 9.30 Å². The lowest BCUT2D eigenvalue weighted by atomic mass is 10.0. The van der Waals surface area contributed by atoms with Crippen LogP contribution in [-0.4, -0.2) is 0 Å². The molecule has 0 radical (unpaired) electrons. The summed E-state index contributed by atoms with van der Waals surface area (Å²) >= 11 is 13.1. The molecule has 0 aromatic heterocycles. The van der Waals surface area contributed by atoms with Crippen LogP contribution in [0.4, 0.5) is 15.8 Å². The van der Waals surface area contributed by atoms with Crippen LogP contribution in [0.3, 0.4) is 0 Å². The van der Waals surface area contributed by atoms with E-state index in [0.717, 1.165) is 5.56 Å². The minimum atomic E-state index is -0.344. The lowest BCUT2D eigenvalue weighted by molar-refractivity contribution is 0.288. The number of nitrogens with zero attached hydrogens (tertiary/aromatic N) is 1. The molecule has 4 rings (SSSR count). The van der Waals surface area contributed by atoms with Crippen LogP contribution in [0.5, 0.6) is 11.5 Å². The lowest BCUT2D eigenvalue weighted by Gasteiger charge is -2.16. The van der Waals surface area contributed by atoms with Crippen LogP contribution in [0, 0.1) is 10.7 Å². The van der Waals surface area contributed by atoms with Gasteiger partial charge in [0.2, 0.25) is 0 Å². The van der Waals surface area contributed by atoms with Crippen molar-refractivity contribution in [3.05, 3.63) is 110 Å². The number of nitrogens with two attached hydrogens (primary N) is 2. The van der Waals surface area contributed by atoms with Gasteiger partial charge in [-0.1, -0.05) is 59.6 Å². The molecule has 6 nitrogen and oxygen atoms in total. The fourth-order valence-corrected chi connectivity index (χ4v) is 4.17. The van der Waals surface area contributed by atoms with E-state index in [4.69, 9.17) is 44.1 Å². The third-order valence-corrected chi connectivity index (χ3v) is 6.26. The summed E-state index contributed by atoms with van der Waals surface area (Å²) in [7, 11) is 0. The van der Waals surface area contributed by atoms with Gasteiger partial charge in [-0.2, -0.15) is 0 Å². The van der Waals surface area contributed by atoms with Gasteiger partial charge in [0.05, 0.1) is 15.7 Å². The molecule has 0 aliphatic heterocycles. The van der Waals surface area contributed by atoms with Crippen molar-refractivity contribution in [2.45, 2.75) is 19.8 Å².